The molecular weight excluding hydrogens is 210 g/mol. The maximum Gasteiger partial charge on any atom is 0.320 e. The minimum atomic E-state index is 0.159. The molecule has 4 N–H and O–H groups in total. The zero-order valence-corrected chi connectivity index (χ0v) is 8.68. The number of unbranched alkanes of at least 4 members (excludes halogenated alkanes) is 1. The molecular formula is C9H13N5O2. The molecule has 0 saturated heterocycles. The second-order valence-corrected chi connectivity index (χ2v) is 3.27. The second-order valence-electron chi connectivity index (χ2n) is 3.27. The molecule has 0 bridgehead atoms. The van der Waals surface area contributed by atoms with Crippen LogP contribution in [0.1, 0.15) is 12.8 Å². The van der Waals surface area contributed by atoms with Gasteiger partial charge in [-0.2, -0.15) is 9.97 Å². The number of ether oxygens (including phenoxy) is 1. The van der Waals surface area contributed by atoms with Crippen LogP contribution in [0.25, 0.3) is 11.2 Å². The Hall–Kier alpha value is -1.89. The monoisotopic (exact) mass is 223 g/mol. The van der Waals surface area contributed by atoms with E-state index in [0.29, 0.717) is 30.0 Å². The van der Waals surface area contributed by atoms with Gasteiger partial charge in [-0.3, -0.25) is 0 Å². The van der Waals surface area contributed by atoms with Gasteiger partial charge in [-0.1, -0.05) is 0 Å². The summed E-state index contributed by atoms with van der Waals surface area (Å²) in [4.78, 5) is 14.9. The number of imidazole rings is 1. The number of nitrogen functional groups attached to an aromatic ring is 1. The molecule has 0 spiro atoms. The van der Waals surface area contributed by atoms with Gasteiger partial charge in [-0.05, 0) is 12.8 Å². The minimum absolute atomic E-state index is 0.159. The van der Waals surface area contributed by atoms with Crippen LogP contribution >= 0.6 is 0 Å². The summed E-state index contributed by atoms with van der Waals surface area (Å²) < 4.78 is 5.31. The maximum absolute atomic E-state index is 8.60. The van der Waals surface area contributed by atoms with Gasteiger partial charge in [-0.25, -0.2) is 4.98 Å². The number of H-pyrrole nitrogens is 1. The van der Waals surface area contributed by atoms with Crippen molar-refractivity contribution < 1.29 is 9.84 Å². The Morgan fingerprint density at radius 2 is 2.25 bits per heavy atom. The van der Waals surface area contributed by atoms with E-state index in [0.717, 1.165) is 6.42 Å². The molecule has 2 rings (SSSR count). The highest BCUT2D eigenvalue weighted by Gasteiger charge is 2.07. The second kappa shape index (κ2) is 4.75. The third-order valence-corrected chi connectivity index (χ3v) is 2.07. The van der Waals surface area contributed by atoms with Gasteiger partial charge in [0.1, 0.15) is 5.52 Å². The van der Waals surface area contributed by atoms with Crippen molar-refractivity contribution in [1.29, 1.82) is 0 Å². The normalized spacial score (nSPS) is 10.8. The predicted molar refractivity (Wildman–Crippen MR) is 57.9 cm³/mol. The summed E-state index contributed by atoms with van der Waals surface area (Å²) in [6.07, 6.45) is 2.95. The number of aromatic nitrogens is 4. The molecule has 2 heterocycles. The van der Waals surface area contributed by atoms with Crippen LogP contribution in [0.5, 0.6) is 6.01 Å². The molecule has 0 saturated carbocycles. The number of aliphatic hydroxyl groups excluding tert-OH is 1. The molecule has 0 radical (unpaired) electrons. The van der Waals surface area contributed by atoms with Crippen LogP contribution in [-0.2, 0) is 0 Å². The first-order chi connectivity index (χ1) is 7.81. The number of rotatable bonds is 5. The third-order valence-electron chi connectivity index (χ3n) is 2.07. The van der Waals surface area contributed by atoms with Gasteiger partial charge in [0.15, 0.2) is 11.5 Å². The van der Waals surface area contributed by atoms with Gasteiger partial charge < -0.3 is 20.6 Å². The lowest BCUT2D eigenvalue weighted by molar-refractivity contribution is 0.244. The molecule has 7 nitrogen and oxygen atoms in total. The van der Waals surface area contributed by atoms with Gasteiger partial charge in [0.25, 0.3) is 0 Å². The summed E-state index contributed by atoms with van der Waals surface area (Å²) in [5, 5.41) is 8.60. The van der Waals surface area contributed by atoms with Crippen LogP contribution in [0.2, 0.25) is 0 Å². The number of aliphatic hydroxyl groups is 1. The number of nitrogens with one attached hydrogen (secondary N) is 1. The molecule has 0 atom stereocenters. The van der Waals surface area contributed by atoms with Crippen molar-refractivity contribution in [2.45, 2.75) is 12.8 Å². The van der Waals surface area contributed by atoms with Crippen LogP contribution in [0.3, 0.4) is 0 Å². The van der Waals surface area contributed by atoms with Crippen LogP contribution < -0.4 is 10.5 Å². The highest BCUT2D eigenvalue weighted by Crippen LogP contribution is 2.16. The lowest BCUT2D eigenvalue weighted by atomic mass is 10.3. The van der Waals surface area contributed by atoms with Crippen LogP contribution in [0, 0.1) is 0 Å². The summed E-state index contributed by atoms with van der Waals surface area (Å²) >= 11 is 0. The van der Waals surface area contributed by atoms with Crippen LogP contribution in [0.4, 0.5) is 5.82 Å². The topological polar surface area (TPSA) is 110 Å². The van der Waals surface area contributed by atoms with Crippen molar-refractivity contribution in [3.63, 3.8) is 0 Å². The average molecular weight is 223 g/mol. The smallest absolute Gasteiger partial charge is 0.320 e. The summed E-state index contributed by atoms with van der Waals surface area (Å²) in [6.45, 7) is 0.617. The van der Waals surface area contributed by atoms with E-state index in [1.807, 2.05) is 0 Å². The maximum atomic E-state index is 8.60. The first-order valence-electron chi connectivity index (χ1n) is 5.01. The molecule has 16 heavy (non-hydrogen) atoms. The third kappa shape index (κ3) is 2.19. The molecule has 0 aliphatic rings. The Kier molecular flexibility index (Phi) is 3.16. The van der Waals surface area contributed by atoms with Gasteiger partial charge in [0.05, 0.1) is 12.9 Å². The van der Waals surface area contributed by atoms with E-state index in [2.05, 4.69) is 19.9 Å². The fourth-order valence-electron chi connectivity index (χ4n) is 1.28. The summed E-state index contributed by atoms with van der Waals surface area (Å²) in [7, 11) is 0. The molecule has 7 heteroatoms. The lowest BCUT2D eigenvalue weighted by Crippen LogP contribution is -2.04. The van der Waals surface area contributed by atoms with Gasteiger partial charge in [-0.15, -0.1) is 0 Å². The first kappa shape index (κ1) is 10.6. The Morgan fingerprint density at radius 1 is 1.38 bits per heavy atom. The van der Waals surface area contributed by atoms with Crippen molar-refractivity contribution in [2.75, 3.05) is 18.9 Å². The van der Waals surface area contributed by atoms with Crippen molar-refractivity contribution >= 4 is 17.0 Å². The zero-order chi connectivity index (χ0) is 11.4. The zero-order valence-electron chi connectivity index (χ0n) is 8.68. The van der Waals surface area contributed by atoms with Crippen molar-refractivity contribution in [3.05, 3.63) is 6.33 Å². The minimum Gasteiger partial charge on any atom is -0.463 e. The van der Waals surface area contributed by atoms with Crippen molar-refractivity contribution in [3.8, 4) is 6.01 Å². The largest absolute Gasteiger partial charge is 0.463 e. The SMILES string of the molecule is Nc1nc(OCCCCO)nc2[nH]cnc12. The lowest BCUT2D eigenvalue weighted by Gasteiger charge is -2.03. The van der Waals surface area contributed by atoms with E-state index in [9.17, 15) is 0 Å². The van der Waals surface area contributed by atoms with E-state index < -0.39 is 0 Å². The van der Waals surface area contributed by atoms with Crippen molar-refractivity contribution in [1.82, 2.24) is 19.9 Å². The van der Waals surface area contributed by atoms with E-state index >= 15 is 0 Å². The molecule has 0 amide bonds. The molecule has 86 valence electrons. The van der Waals surface area contributed by atoms with E-state index in [1.165, 1.54) is 6.33 Å². The van der Waals surface area contributed by atoms with E-state index in [-0.39, 0.29) is 12.6 Å². The summed E-state index contributed by atoms with van der Waals surface area (Å²) in [6, 6.07) is 0.229. The summed E-state index contributed by atoms with van der Waals surface area (Å²) in [5.41, 5.74) is 6.78. The standard InChI is InChI=1S/C9H13N5O2/c10-7-6-8(12-5-11-6)14-9(13-7)16-4-2-1-3-15/h5,15H,1-4H2,(H3,10,11,12,13,14). The van der Waals surface area contributed by atoms with E-state index in [4.69, 9.17) is 15.6 Å². The fraction of sp³-hybridized carbons (Fsp3) is 0.444. The molecule has 0 aliphatic carbocycles. The number of fused-ring (bicyclic) bond motifs is 1. The predicted octanol–water partition coefficient (Wildman–Crippen LogP) is 0.0864. The number of hydrogen-bond acceptors (Lipinski definition) is 6. The summed E-state index contributed by atoms with van der Waals surface area (Å²) in [5.74, 6) is 0.295. The Labute approximate surface area is 91.7 Å². The number of hydrogen-bond donors (Lipinski definition) is 3. The molecule has 2 aromatic heterocycles. The molecule has 0 fully saturated rings. The van der Waals surface area contributed by atoms with Gasteiger partial charge in [0.2, 0.25) is 0 Å². The van der Waals surface area contributed by atoms with Crippen LogP contribution in [-0.4, -0.2) is 38.3 Å². The van der Waals surface area contributed by atoms with Gasteiger partial charge >= 0.3 is 6.01 Å². The molecule has 0 aliphatic heterocycles. The number of nitrogens with two attached hydrogens (primary N) is 1. The Bertz CT molecular complexity index is 470. The Morgan fingerprint density at radius 3 is 3.06 bits per heavy atom. The number of anilines is 1. The molecule has 2 aromatic rings. The fourth-order valence-corrected chi connectivity index (χ4v) is 1.28. The first-order valence-corrected chi connectivity index (χ1v) is 5.01. The van der Waals surface area contributed by atoms with E-state index in [1.54, 1.807) is 0 Å². The quantitative estimate of drug-likeness (QED) is 0.619. The Balaban J connectivity index is 2.06. The highest BCUT2D eigenvalue weighted by molar-refractivity contribution is 5.81. The molecule has 0 unspecified atom stereocenters. The molecule has 0 aromatic carbocycles. The highest BCUT2D eigenvalue weighted by atomic mass is 16.5. The van der Waals surface area contributed by atoms with Gasteiger partial charge in [0, 0.05) is 6.61 Å². The average Bonchev–Trinajstić information content (AvgIpc) is 2.73. The van der Waals surface area contributed by atoms with Crippen LogP contribution in [0.15, 0.2) is 6.33 Å². The van der Waals surface area contributed by atoms with Crippen molar-refractivity contribution in [2.24, 2.45) is 0 Å². The number of aromatic amines is 1. The number of nitrogens with zero attached hydrogens (tertiary/aromatic N) is 3.